The lowest BCUT2D eigenvalue weighted by atomic mass is 10.2. The first-order valence-electron chi connectivity index (χ1n) is 5.73. The van der Waals surface area contributed by atoms with Gasteiger partial charge in [-0.05, 0) is 42.0 Å². The Kier molecular flexibility index (Phi) is 3.48. The molecule has 0 aliphatic carbocycles. The van der Waals surface area contributed by atoms with Gasteiger partial charge in [0, 0.05) is 16.7 Å². The van der Waals surface area contributed by atoms with Gasteiger partial charge in [-0.15, -0.1) is 11.3 Å². The highest BCUT2D eigenvalue weighted by atomic mass is 79.9. The second kappa shape index (κ2) is 5.27. The van der Waals surface area contributed by atoms with Gasteiger partial charge in [-0.25, -0.2) is 9.37 Å². The van der Waals surface area contributed by atoms with Crippen molar-refractivity contribution in [3.63, 3.8) is 0 Å². The second-order valence-corrected chi connectivity index (χ2v) is 5.86. The SMILES string of the molecule is Fc1ccc(Br)c(CNc2ccc3ncsc3c2)c1. The molecule has 19 heavy (non-hydrogen) atoms. The summed E-state index contributed by atoms with van der Waals surface area (Å²) in [6.45, 7) is 0.572. The lowest BCUT2D eigenvalue weighted by Gasteiger charge is -2.08. The molecule has 1 N–H and O–H groups in total. The van der Waals surface area contributed by atoms with Crippen molar-refractivity contribution < 1.29 is 4.39 Å². The average Bonchev–Trinajstić information content (AvgIpc) is 2.87. The molecule has 1 aromatic heterocycles. The normalized spacial score (nSPS) is 10.8. The molecule has 5 heteroatoms. The molecule has 96 valence electrons. The highest BCUT2D eigenvalue weighted by Gasteiger charge is 2.03. The van der Waals surface area contributed by atoms with Crippen LogP contribution in [0.2, 0.25) is 0 Å². The van der Waals surface area contributed by atoms with Crippen LogP contribution in [0.15, 0.2) is 46.4 Å². The maximum absolute atomic E-state index is 13.2. The van der Waals surface area contributed by atoms with Gasteiger partial charge < -0.3 is 5.32 Å². The van der Waals surface area contributed by atoms with Gasteiger partial charge in [-0.2, -0.15) is 0 Å². The number of halogens is 2. The van der Waals surface area contributed by atoms with Crippen LogP contribution in [-0.4, -0.2) is 4.98 Å². The Morgan fingerprint density at radius 3 is 3.00 bits per heavy atom. The number of hydrogen-bond donors (Lipinski definition) is 1. The second-order valence-electron chi connectivity index (χ2n) is 4.12. The van der Waals surface area contributed by atoms with Crippen LogP contribution in [0.4, 0.5) is 10.1 Å². The van der Waals surface area contributed by atoms with Gasteiger partial charge in [0.15, 0.2) is 0 Å². The van der Waals surface area contributed by atoms with E-state index in [0.29, 0.717) is 6.54 Å². The highest BCUT2D eigenvalue weighted by Crippen LogP contribution is 2.23. The van der Waals surface area contributed by atoms with Crippen molar-refractivity contribution in [2.75, 3.05) is 5.32 Å². The predicted molar refractivity (Wildman–Crippen MR) is 81.0 cm³/mol. The number of nitrogens with one attached hydrogen (secondary N) is 1. The average molecular weight is 337 g/mol. The molecular formula is C14H10BrFN2S. The fraction of sp³-hybridized carbons (Fsp3) is 0.0714. The zero-order valence-corrected chi connectivity index (χ0v) is 12.3. The van der Waals surface area contributed by atoms with Crippen molar-refractivity contribution in [2.45, 2.75) is 6.54 Å². The van der Waals surface area contributed by atoms with E-state index in [0.717, 1.165) is 25.9 Å². The minimum atomic E-state index is -0.224. The molecular weight excluding hydrogens is 327 g/mol. The lowest BCUT2D eigenvalue weighted by molar-refractivity contribution is 0.625. The Labute approximate surface area is 122 Å². The molecule has 0 saturated carbocycles. The number of thiazole rings is 1. The Hall–Kier alpha value is -1.46. The lowest BCUT2D eigenvalue weighted by Crippen LogP contribution is -2.00. The minimum Gasteiger partial charge on any atom is -0.381 e. The zero-order valence-electron chi connectivity index (χ0n) is 9.86. The molecule has 3 rings (SSSR count). The minimum absolute atomic E-state index is 0.224. The first kappa shape index (κ1) is 12.6. The quantitative estimate of drug-likeness (QED) is 0.742. The Bertz CT molecular complexity index is 726. The van der Waals surface area contributed by atoms with E-state index in [1.54, 1.807) is 17.4 Å². The number of hydrogen-bond acceptors (Lipinski definition) is 3. The Morgan fingerprint density at radius 2 is 2.11 bits per heavy atom. The van der Waals surface area contributed by atoms with Gasteiger partial charge in [0.05, 0.1) is 15.7 Å². The van der Waals surface area contributed by atoms with Gasteiger partial charge in [-0.3, -0.25) is 0 Å². The number of rotatable bonds is 3. The molecule has 1 heterocycles. The van der Waals surface area contributed by atoms with Crippen molar-refractivity contribution in [1.29, 1.82) is 0 Å². The van der Waals surface area contributed by atoms with Gasteiger partial charge in [-0.1, -0.05) is 15.9 Å². The molecule has 0 radical (unpaired) electrons. The van der Waals surface area contributed by atoms with Crippen molar-refractivity contribution in [3.05, 3.63) is 57.8 Å². The summed E-state index contributed by atoms with van der Waals surface area (Å²) in [4.78, 5) is 4.24. The van der Waals surface area contributed by atoms with E-state index in [2.05, 4.69) is 32.3 Å². The number of anilines is 1. The molecule has 0 aliphatic heterocycles. The van der Waals surface area contributed by atoms with Gasteiger partial charge in [0.25, 0.3) is 0 Å². The molecule has 0 bridgehead atoms. The van der Waals surface area contributed by atoms with Crippen molar-refractivity contribution in [1.82, 2.24) is 4.98 Å². The summed E-state index contributed by atoms with van der Waals surface area (Å²) >= 11 is 5.03. The molecule has 0 aliphatic rings. The van der Waals surface area contributed by atoms with Crippen LogP contribution in [0.3, 0.4) is 0 Å². The fourth-order valence-corrected chi connectivity index (χ4v) is 2.94. The monoisotopic (exact) mass is 336 g/mol. The summed E-state index contributed by atoms with van der Waals surface area (Å²) in [7, 11) is 0. The summed E-state index contributed by atoms with van der Waals surface area (Å²) < 4.78 is 15.2. The highest BCUT2D eigenvalue weighted by molar-refractivity contribution is 9.10. The van der Waals surface area contributed by atoms with Crippen LogP contribution in [-0.2, 0) is 6.54 Å². The van der Waals surface area contributed by atoms with E-state index in [-0.39, 0.29) is 5.82 Å². The van der Waals surface area contributed by atoms with Crippen molar-refractivity contribution in [2.24, 2.45) is 0 Å². The summed E-state index contributed by atoms with van der Waals surface area (Å²) in [6, 6.07) is 10.7. The first-order valence-corrected chi connectivity index (χ1v) is 7.41. The van der Waals surface area contributed by atoms with Crippen molar-refractivity contribution in [3.8, 4) is 0 Å². The molecule has 0 fully saturated rings. The third kappa shape index (κ3) is 2.77. The van der Waals surface area contributed by atoms with E-state index in [4.69, 9.17) is 0 Å². The number of benzene rings is 2. The number of fused-ring (bicyclic) bond motifs is 1. The number of aromatic nitrogens is 1. The molecule has 0 saturated heterocycles. The molecule has 2 nitrogen and oxygen atoms in total. The molecule has 2 aromatic carbocycles. The Balaban J connectivity index is 1.79. The first-order chi connectivity index (χ1) is 9.22. The van der Waals surface area contributed by atoms with E-state index < -0.39 is 0 Å². The van der Waals surface area contributed by atoms with Gasteiger partial charge >= 0.3 is 0 Å². The van der Waals surface area contributed by atoms with Crippen LogP contribution >= 0.6 is 27.3 Å². The molecule has 0 atom stereocenters. The zero-order chi connectivity index (χ0) is 13.2. The van der Waals surface area contributed by atoms with E-state index in [1.165, 1.54) is 12.1 Å². The number of nitrogens with zero attached hydrogens (tertiary/aromatic N) is 1. The van der Waals surface area contributed by atoms with Crippen molar-refractivity contribution >= 4 is 43.2 Å². The van der Waals surface area contributed by atoms with Crippen LogP contribution in [0, 0.1) is 5.82 Å². The molecule has 0 unspecified atom stereocenters. The Morgan fingerprint density at radius 1 is 1.21 bits per heavy atom. The molecule has 3 aromatic rings. The van der Waals surface area contributed by atoms with E-state index in [9.17, 15) is 4.39 Å². The summed E-state index contributed by atoms with van der Waals surface area (Å²) in [5.74, 6) is -0.224. The fourth-order valence-electron chi connectivity index (χ4n) is 1.84. The maximum atomic E-state index is 13.2. The maximum Gasteiger partial charge on any atom is 0.123 e. The third-order valence-corrected chi connectivity index (χ3v) is 4.39. The van der Waals surface area contributed by atoms with Gasteiger partial charge in [0.2, 0.25) is 0 Å². The summed E-state index contributed by atoms with van der Waals surface area (Å²) in [5, 5.41) is 3.29. The predicted octanol–water partition coefficient (Wildman–Crippen LogP) is 4.81. The van der Waals surface area contributed by atoms with Crippen LogP contribution in [0.25, 0.3) is 10.2 Å². The van der Waals surface area contributed by atoms with Crippen LogP contribution in [0.1, 0.15) is 5.56 Å². The molecule has 0 spiro atoms. The molecule has 0 amide bonds. The topological polar surface area (TPSA) is 24.9 Å². The standard InChI is InChI=1S/C14H10BrFN2S/c15-12-3-1-10(16)5-9(12)7-17-11-2-4-13-14(6-11)19-8-18-13/h1-6,8,17H,7H2. The smallest absolute Gasteiger partial charge is 0.123 e. The summed E-state index contributed by atoms with van der Waals surface area (Å²) in [6.07, 6.45) is 0. The van der Waals surface area contributed by atoms with Gasteiger partial charge in [0.1, 0.15) is 5.82 Å². The van der Waals surface area contributed by atoms with Crippen LogP contribution in [0.5, 0.6) is 0 Å². The third-order valence-electron chi connectivity index (χ3n) is 2.82. The van der Waals surface area contributed by atoms with E-state index in [1.807, 2.05) is 17.6 Å². The van der Waals surface area contributed by atoms with Crippen LogP contribution < -0.4 is 5.32 Å². The summed E-state index contributed by atoms with van der Waals surface area (Å²) in [5.41, 5.74) is 4.73. The largest absolute Gasteiger partial charge is 0.381 e. The van der Waals surface area contributed by atoms with E-state index >= 15 is 0 Å².